The Morgan fingerprint density at radius 3 is 2.84 bits per heavy atom. The van der Waals surface area contributed by atoms with Crippen molar-refractivity contribution < 1.29 is 9.53 Å². The van der Waals surface area contributed by atoms with Crippen LogP contribution >= 0.6 is 0 Å². The summed E-state index contributed by atoms with van der Waals surface area (Å²) >= 11 is 0. The monoisotopic (exact) mass is 262 g/mol. The number of morpholine rings is 1. The summed E-state index contributed by atoms with van der Waals surface area (Å²) in [5.74, 6) is 0.183. The molecule has 1 fully saturated rings. The van der Waals surface area contributed by atoms with E-state index in [0.29, 0.717) is 26.1 Å². The lowest BCUT2D eigenvalue weighted by atomic mass is 10.1. The number of benzene rings is 1. The van der Waals surface area contributed by atoms with Gasteiger partial charge < -0.3 is 15.4 Å². The molecule has 1 aliphatic rings. The van der Waals surface area contributed by atoms with Gasteiger partial charge in [0.15, 0.2) is 0 Å². The van der Waals surface area contributed by atoms with E-state index in [4.69, 9.17) is 10.5 Å². The van der Waals surface area contributed by atoms with E-state index in [0.717, 1.165) is 12.0 Å². The van der Waals surface area contributed by atoms with Gasteiger partial charge in [0.25, 0.3) is 0 Å². The minimum atomic E-state index is -0.0146. The molecule has 0 aromatic heterocycles. The Labute approximate surface area is 114 Å². The van der Waals surface area contributed by atoms with Crippen molar-refractivity contribution in [1.29, 1.82) is 0 Å². The number of nitrogens with two attached hydrogens (primary N) is 1. The van der Waals surface area contributed by atoms with Gasteiger partial charge in [-0.15, -0.1) is 0 Å². The first kappa shape index (κ1) is 14.0. The van der Waals surface area contributed by atoms with Crippen molar-refractivity contribution in [1.82, 2.24) is 4.90 Å². The average Bonchev–Trinajstić information content (AvgIpc) is 2.46. The first-order chi connectivity index (χ1) is 9.22. The summed E-state index contributed by atoms with van der Waals surface area (Å²) < 4.78 is 5.84. The molecule has 104 valence electrons. The van der Waals surface area contributed by atoms with Gasteiger partial charge in [0.05, 0.1) is 19.2 Å². The molecule has 1 heterocycles. The van der Waals surface area contributed by atoms with E-state index in [1.807, 2.05) is 42.2 Å². The van der Waals surface area contributed by atoms with Crippen LogP contribution in [0.25, 0.3) is 0 Å². The average molecular weight is 262 g/mol. The highest BCUT2D eigenvalue weighted by Crippen LogP contribution is 2.25. The predicted octanol–water partition coefficient (Wildman–Crippen LogP) is 1.71. The smallest absolute Gasteiger partial charge is 0.223 e. The van der Waals surface area contributed by atoms with Crippen molar-refractivity contribution in [3.63, 3.8) is 0 Å². The van der Waals surface area contributed by atoms with Crippen molar-refractivity contribution >= 4 is 5.91 Å². The molecule has 0 spiro atoms. The second-order valence-corrected chi connectivity index (χ2v) is 5.02. The molecule has 0 saturated carbocycles. The molecule has 2 atom stereocenters. The molecule has 19 heavy (non-hydrogen) atoms. The van der Waals surface area contributed by atoms with Crippen molar-refractivity contribution in [3.8, 4) is 0 Å². The number of ether oxygens (including phenoxy) is 1. The number of carbonyl (C=O) groups excluding carboxylic acids is 1. The zero-order chi connectivity index (χ0) is 13.7. The molecule has 0 bridgehead atoms. The fraction of sp³-hybridized carbons (Fsp3) is 0.533. The quantitative estimate of drug-likeness (QED) is 0.898. The third-order valence-electron chi connectivity index (χ3n) is 3.52. The fourth-order valence-corrected chi connectivity index (χ4v) is 2.37. The third kappa shape index (κ3) is 3.55. The first-order valence-electron chi connectivity index (χ1n) is 6.88. The van der Waals surface area contributed by atoms with Crippen LogP contribution in [0, 0.1) is 0 Å². The molecule has 4 nitrogen and oxygen atoms in total. The molecule has 1 saturated heterocycles. The Bertz CT molecular complexity index is 408. The Morgan fingerprint density at radius 2 is 2.16 bits per heavy atom. The van der Waals surface area contributed by atoms with Crippen LogP contribution < -0.4 is 5.73 Å². The molecular formula is C15H22N2O2. The predicted molar refractivity (Wildman–Crippen MR) is 74.6 cm³/mol. The summed E-state index contributed by atoms with van der Waals surface area (Å²) in [6.45, 7) is 3.82. The molecule has 2 rings (SSSR count). The summed E-state index contributed by atoms with van der Waals surface area (Å²) in [5, 5.41) is 0. The lowest BCUT2D eigenvalue weighted by Gasteiger charge is -2.38. The van der Waals surface area contributed by atoms with E-state index in [-0.39, 0.29) is 18.1 Å². The largest absolute Gasteiger partial charge is 0.370 e. The van der Waals surface area contributed by atoms with E-state index in [9.17, 15) is 4.79 Å². The van der Waals surface area contributed by atoms with Crippen LogP contribution in [0.4, 0.5) is 0 Å². The summed E-state index contributed by atoms with van der Waals surface area (Å²) in [6.07, 6.45) is 1.26. The number of hydrogen-bond acceptors (Lipinski definition) is 3. The molecule has 2 N–H and O–H groups in total. The van der Waals surface area contributed by atoms with Gasteiger partial charge in [0.1, 0.15) is 6.10 Å². The highest BCUT2D eigenvalue weighted by Gasteiger charge is 2.29. The maximum absolute atomic E-state index is 12.2. The summed E-state index contributed by atoms with van der Waals surface area (Å²) in [6, 6.07) is 10.2. The van der Waals surface area contributed by atoms with Crippen LogP contribution in [0.2, 0.25) is 0 Å². The van der Waals surface area contributed by atoms with E-state index in [1.165, 1.54) is 0 Å². The van der Waals surface area contributed by atoms with Crippen molar-refractivity contribution in [2.75, 3.05) is 19.7 Å². The van der Waals surface area contributed by atoms with E-state index in [2.05, 4.69) is 0 Å². The Kier molecular flexibility index (Phi) is 4.93. The number of carbonyl (C=O) groups is 1. The van der Waals surface area contributed by atoms with Crippen LogP contribution in [0.3, 0.4) is 0 Å². The highest BCUT2D eigenvalue weighted by molar-refractivity contribution is 5.76. The number of amides is 1. The highest BCUT2D eigenvalue weighted by atomic mass is 16.5. The number of nitrogens with zero attached hydrogens (tertiary/aromatic N) is 1. The molecule has 0 aliphatic carbocycles. The Balaban J connectivity index is 2.02. The van der Waals surface area contributed by atoms with Gasteiger partial charge in [-0.2, -0.15) is 0 Å². The molecule has 1 amide bonds. The first-order valence-corrected chi connectivity index (χ1v) is 6.88. The molecule has 2 unspecified atom stereocenters. The van der Waals surface area contributed by atoms with Crippen molar-refractivity contribution in [2.24, 2.45) is 5.73 Å². The van der Waals surface area contributed by atoms with Gasteiger partial charge in [-0.3, -0.25) is 4.79 Å². The van der Waals surface area contributed by atoms with Crippen molar-refractivity contribution in [3.05, 3.63) is 35.9 Å². The normalized spacial score (nSPS) is 23.4. The second-order valence-electron chi connectivity index (χ2n) is 5.02. The van der Waals surface area contributed by atoms with Crippen LogP contribution in [0.1, 0.15) is 31.4 Å². The van der Waals surface area contributed by atoms with Gasteiger partial charge in [0.2, 0.25) is 5.91 Å². The molecular weight excluding hydrogens is 240 g/mol. The lowest BCUT2D eigenvalue weighted by Crippen LogP contribution is -2.48. The molecule has 1 aromatic carbocycles. The van der Waals surface area contributed by atoms with Crippen LogP contribution in [-0.2, 0) is 9.53 Å². The zero-order valence-electron chi connectivity index (χ0n) is 11.4. The number of rotatable bonds is 4. The van der Waals surface area contributed by atoms with Crippen LogP contribution in [0.5, 0.6) is 0 Å². The standard InChI is InChI=1S/C15H22N2O2/c1-12-11-19-14(13-6-3-2-4-7-13)10-17(12)15(18)8-5-9-16/h2-4,6-7,12,14H,5,8-11,16H2,1H3. The number of hydrogen-bond donors (Lipinski definition) is 1. The minimum Gasteiger partial charge on any atom is -0.370 e. The zero-order valence-corrected chi connectivity index (χ0v) is 11.4. The molecule has 1 aliphatic heterocycles. The molecule has 4 heteroatoms. The lowest BCUT2D eigenvalue weighted by molar-refractivity contribution is -0.144. The van der Waals surface area contributed by atoms with E-state index in [1.54, 1.807) is 0 Å². The van der Waals surface area contributed by atoms with E-state index >= 15 is 0 Å². The summed E-state index contributed by atoms with van der Waals surface area (Å²) in [7, 11) is 0. The van der Waals surface area contributed by atoms with Crippen LogP contribution in [0.15, 0.2) is 30.3 Å². The Hall–Kier alpha value is -1.39. The van der Waals surface area contributed by atoms with Crippen molar-refractivity contribution in [2.45, 2.75) is 31.9 Å². The van der Waals surface area contributed by atoms with E-state index < -0.39 is 0 Å². The third-order valence-corrected chi connectivity index (χ3v) is 3.52. The van der Waals surface area contributed by atoms with Gasteiger partial charge in [-0.05, 0) is 25.5 Å². The maximum atomic E-state index is 12.2. The van der Waals surface area contributed by atoms with Gasteiger partial charge in [-0.1, -0.05) is 30.3 Å². The van der Waals surface area contributed by atoms with Gasteiger partial charge in [-0.25, -0.2) is 0 Å². The molecule has 0 radical (unpaired) electrons. The fourth-order valence-electron chi connectivity index (χ4n) is 2.37. The van der Waals surface area contributed by atoms with Gasteiger partial charge in [0, 0.05) is 6.42 Å². The second kappa shape index (κ2) is 6.68. The van der Waals surface area contributed by atoms with Gasteiger partial charge >= 0.3 is 0 Å². The summed E-state index contributed by atoms with van der Waals surface area (Å²) in [5.41, 5.74) is 6.59. The topological polar surface area (TPSA) is 55.6 Å². The molecule has 1 aromatic rings. The van der Waals surface area contributed by atoms with Crippen LogP contribution in [-0.4, -0.2) is 36.5 Å². The maximum Gasteiger partial charge on any atom is 0.223 e. The summed E-state index contributed by atoms with van der Waals surface area (Å²) in [4.78, 5) is 14.1. The Morgan fingerprint density at radius 1 is 1.42 bits per heavy atom. The SMILES string of the molecule is CC1COC(c2ccccc2)CN1C(=O)CCCN. The minimum absolute atomic E-state index is 0.0146.